The van der Waals surface area contributed by atoms with Crippen LogP contribution in [-0.2, 0) is 0 Å². The standard InChI is InChI=1S/C15H22FNO2/c1-10(2)19-15-9-12(16)11(8-14(15)18-3)13-6-4-5-7-17-13/h8-10,13,17H,4-7H2,1-3H3. The molecule has 2 rings (SSSR count). The number of halogens is 1. The van der Waals surface area contributed by atoms with Crippen molar-refractivity contribution in [2.24, 2.45) is 0 Å². The molecule has 1 fully saturated rings. The molecule has 0 aliphatic carbocycles. The van der Waals surface area contributed by atoms with E-state index in [9.17, 15) is 4.39 Å². The zero-order valence-electron chi connectivity index (χ0n) is 11.8. The first-order valence-corrected chi connectivity index (χ1v) is 6.89. The van der Waals surface area contributed by atoms with Crippen LogP contribution in [0.2, 0.25) is 0 Å². The van der Waals surface area contributed by atoms with E-state index in [1.54, 1.807) is 13.2 Å². The summed E-state index contributed by atoms with van der Waals surface area (Å²) in [5.74, 6) is 0.836. The largest absolute Gasteiger partial charge is 0.493 e. The number of piperidine rings is 1. The average Bonchev–Trinajstić information content (AvgIpc) is 2.39. The Hall–Kier alpha value is -1.29. The van der Waals surface area contributed by atoms with Gasteiger partial charge in [-0.25, -0.2) is 4.39 Å². The molecule has 0 aromatic heterocycles. The number of hydrogen-bond acceptors (Lipinski definition) is 3. The number of hydrogen-bond donors (Lipinski definition) is 1. The van der Waals surface area contributed by atoms with E-state index in [0.717, 1.165) is 25.8 Å². The average molecular weight is 267 g/mol. The van der Waals surface area contributed by atoms with E-state index >= 15 is 0 Å². The fourth-order valence-corrected chi connectivity index (χ4v) is 2.44. The summed E-state index contributed by atoms with van der Waals surface area (Å²) in [4.78, 5) is 0. The van der Waals surface area contributed by atoms with Gasteiger partial charge in [0.25, 0.3) is 0 Å². The molecule has 0 radical (unpaired) electrons. The monoisotopic (exact) mass is 267 g/mol. The van der Waals surface area contributed by atoms with Gasteiger partial charge < -0.3 is 14.8 Å². The lowest BCUT2D eigenvalue weighted by atomic mass is 9.96. The minimum Gasteiger partial charge on any atom is -0.493 e. The molecule has 106 valence electrons. The van der Waals surface area contributed by atoms with Crippen molar-refractivity contribution in [1.29, 1.82) is 0 Å². The maximum atomic E-state index is 14.2. The third kappa shape index (κ3) is 3.38. The lowest BCUT2D eigenvalue weighted by Crippen LogP contribution is -2.27. The van der Waals surface area contributed by atoms with Crippen LogP contribution in [0.1, 0.15) is 44.7 Å². The summed E-state index contributed by atoms with van der Waals surface area (Å²) in [6.07, 6.45) is 3.24. The predicted molar refractivity (Wildman–Crippen MR) is 73.3 cm³/mol. The number of methoxy groups -OCH3 is 1. The van der Waals surface area contributed by atoms with Crippen LogP contribution < -0.4 is 14.8 Å². The summed E-state index contributed by atoms with van der Waals surface area (Å²) in [5, 5.41) is 3.35. The zero-order valence-corrected chi connectivity index (χ0v) is 11.8. The van der Waals surface area contributed by atoms with E-state index in [2.05, 4.69) is 5.32 Å². The molecule has 1 unspecified atom stereocenters. The lowest BCUT2D eigenvalue weighted by molar-refractivity contribution is 0.228. The molecule has 1 aliphatic rings. The fourth-order valence-electron chi connectivity index (χ4n) is 2.44. The van der Waals surface area contributed by atoms with Gasteiger partial charge in [-0.05, 0) is 39.3 Å². The van der Waals surface area contributed by atoms with Crippen molar-refractivity contribution >= 4 is 0 Å². The molecule has 1 aliphatic heterocycles. The van der Waals surface area contributed by atoms with Gasteiger partial charge in [-0.3, -0.25) is 0 Å². The molecule has 3 nitrogen and oxygen atoms in total. The van der Waals surface area contributed by atoms with Crippen molar-refractivity contribution in [3.05, 3.63) is 23.5 Å². The van der Waals surface area contributed by atoms with Crippen LogP contribution >= 0.6 is 0 Å². The van der Waals surface area contributed by atoms with Gasteiger partial charge in [0.1, 0.15) is 5.82 Å². The second kappa shape index (κ2) is 6.24. The molecule has 0 saturated carbocycles. The van der Waals surface area contributed by atoms with Crippen LogP contribution in [0.5, 0.6) is 11.5 Å². The van der Waals surface area contributed by atoms with E-state index in [1.165, 1.54) is 6.07 Å². The van der Waals surface area contributed by atoms with Crippen LogP contribution in [0.25, 0.3) is 0 Å². The Morgan fingerprint density at radius 2 is 2.05 bits per heavy atom. The van der Waals surface area contributed by atoms with Gasteiger partial charge in [-0.1, -0.05) is 6.42 Å². The van der Waals surface area contributed by atoms with Gasteiger partial charge in [0.15, 0.2) is 11.5 Å². The first-order chi connectivity index (χ1) is 9.11. The summed E-state index contributed by atoms with van der Waals surface area (Å²) >= 11 is 0. The normalized spacial score (nSPS) is 19.5. The SMILES string of the molecule is COc1cc(C2CCCCN2)c(F)cc1OC(C)C. The highest BCUT2D eigenvalue weighted by Crippen LogP contribution is 2.35. The fraction of sp³-hybridized carbons (Fsp3) is 0.600. The predicted octanol–water partition coefficient (Wildman–Crippen LogP) is 3.44. The minimum absolute atomic E-state index is 0.00745. The molecule has 1 aromatic rings. The van der Waals surface area contributed by atoms with Crippen LogP contribution in [-0.4, -0.2) is 19.8 Å². The van der Waals surface area contributed by atoms with E-state index in [1.807, 2.05) is 13.8 Å². The second-order valence-corrected chi connectivity index (χ2v) is 5.19. The Morgan fingerprint density at radius 3 is 2.63 bits per heavy atom. The van der Waals surface area contributed by atoms with Gasteiger partial charge in [0.2, 0.25) is 0 Å². The molecule has 0 amide bonds. The molecule has 4 heteroatoms. The van der Waals surface area contributed by atoms with Crippen molar-refractivity contribution in [3.63, 3.8) is 0 Å². The third-order valence-corrected chi connectivity index (χ3v) is 3.33. The molecular weight excluding hydrogens is 245 g/mol. The van der Waals surface area contributed by atoms with Crippen molar-refractivity contribution < 1.29 is 13.9 Å². The molecule has 1 saturated heterocycles. The van der Waals surface area contributed by atoms with Crippen molar-refractivity contribution in [2.45, 2.75) is 45.3 Å². The molecular formula is C15H22FNO2. The highest BCUT2D eigenvalue weighted by atomic mass is 19.1. The highest BCUT2D eigenvalue weighted by Gasteiger charge is 2.21. The Kier molecular flexibility index (Phi) is 4.64. The molecule has 19 heavy (non-hydrogen) atoms. The topological polar surface area (TPSA) is 30.5 Å². The van der Waals surface area contributed by atoms with Gasteiger partial charge in [-0.2, -0.15) is 0 Å². The quantitative estimate of drug-likeness (QED) is 0.906. The number of benzene rings is 1. The van der Waals surface area contributed by atoms with Crippen LogP contribution in [0, 0.1) is 5.82 Å². The summed E-state index contributed by atoms with van der Waals surface area (Å²) in [6.45, 7) is 4.76. The van der Waals surface area contributed by atoms with E-state index in [4.69, 9.17) is 9.47 Å². The van der Waals surface area contributed by atoms with E-state index in [-0.39, 0.29) is 18.0 Å². The van der Waals surface area contributed by atoms with Gasteiger partial charge in [0.05, 0.1) is 13.2 Å². The summed E-state index contributed by atoms with van der Waals surface area (Å²) in [6, 6.07) is 3.27. The summed E-state index contributed by atoms with van der Waals surface area (Å²) in [7, 11) is 1.58. The minimum atomic E-state index is -0.226. The maximum absolute atomic E-state index is 14.2. The zero-order chi connectivity index (χ0) is 13.8. The Labute approximate surface area is 114 Å². The number of rotatable bonds is 4. The second-order valence-electron chi connectivity index (χ2n) is 5.19. The smallest absolute Gasteiger partial charge is 0.164 e. The molecule has 1 heterocycles. The summed E-state index contributed by atoms with van der Waals surface area (Å²) in [5.41, 5.74) is 0.674. The van der Waals surface area contributed by atoms with Crippen molar-refractivity contribution in [2.75, 3.05) is 13.7 Å². The Bertz CT molecular complexity index is 428. The first-order valence-electron chi connectivity index (χ1n) is 6.89. The number of nitrogens with one attached hydrogen (secondary N) is 1. The van der Waals surface area contributed by atoms with Gasteiger partial charge in [-0.15, -0.1) is 0 Å². The van der Waals surface area contributed by atoms with Gasteiger partial charge >= 0.3 is 0 Å². The van der Waals surface area contributed by atoms with Crippen LogP contribution in [0.3, 0.4) is 0 Å². The molecule has 1 aromatic carbocycles. The van der Waals surface area contributed by atoms with Crippen LogP contribution in [0.15, 0.2) is 12.1 Å². The molecule has 0 spiro atoms. The Morgan fingerprint density at radius 1 is 1.26 bits per heavy atom. The highest BCUT2D eigenvalue weighted by molar-refractivity contribution is 5.45. The van der Waals surface area contributed by atoms with E-state index < -0.39 is 0 Å². The first kappa shape index (κ1) is 14.1. The number of ether oxygens (including phenoxy) is 2. The van der Waals surface area contributed by atoms with Crippen LogP contribution in [0.4, 0.5) is 4.39 Å². The van der Waals surface area contributed by atoms with Crippen molar-refractivity contribution in [3.8, 4) is 11.5 Å². The van der Waals surface area contributed by atoms with E-state index in [0.29, 0.717) is 17.1 Å². The lowest BCUT2D eigenvalue weighted by Gasteiger charge is -2.25. The Balaban J connectivity index is 2.29. The molecule has 0 bridgehead atoms. The molecule has 1 N–H and O–H groups in total. The maximum Gasteiger partial charge on any atom is 0.164 e. The van der Waals surface area contributed by atoms with Crippen molar-refractivity contribution in [1.82, 2.24) is 5.32 Å². The van der Waals surface area contributed by atoms with Gasteiger partial charge in [0, 0.05) is 17.7 Å². The molecule has 1 atom stereocenters. The summed E-state index contributed by atoms with van der Waals surface area (Å²) < 4.78 is 25.1. The third-order valence-electron chi connectivity index (χ3n) is 3.33.